The molecule has 0 atom stereocenters. The van der Waals surface area contributed by atoms with Gasteiger partial charge in [0.2, 0.25) is 0 Å². The molecular weight excluding hydrogens is 366 g/mol. The summed E-state index contributed by atoms with van der Waals surface area (Å²) in [5.74, 6) is 0. The number of nitrogens with one attached hydrogen (secondary N) is 1. The van der Waals surface area contributed by atoms with Gasteiger partial charge in [-0.1, -0.05) is 11.3 Å². The van der Waals surface area contributed by atoms with Crippen molar-refractivity contribution in [2.75, 3.05) is 6.54 Å². The van der Waals surface area contributed by atoms with Crippen LogP contribution in [0.4, 0.5) is 3.89 Å². The van der Waals surface area contributed by atoms with Gasteiger partial charge in [0.05, 0.1) is 17.6 Å². The molecule has 1 aliphatic carbocycles. The SMILES string of the molecule is Cl.Cl.O=S(=O)(F)c1cccc(-n2cc(CCNC3CC3)nn2)c1. The number of benzene rings is 1. The zero-order chi connectivity index (χ0) is 14.9. The third-order valence-corrected chi connectivity index (χ3v) is 4.11. The van der Waals surface area contributed by atoms with E-state index in [1.54, 1.807) is 12.3 Å². The Morgan fingerprint density at radius 1 is 1.30 bits per heavy atom. The Morgan fingerprint density at radius 3 is 2.70 bits per heavy atom. The summed E-state index contributed by atoms with van der Waals surface area (Å²) in [7, 11) is -4.71. The Kier molecular flexibility index (Phi) is 6.94. The Morgan fingerprint density at radius 2 is 2.04 bits per heavy atom. The van der Waals surface area contributed by atoms with E-state index in [0.29, 0.717) is 11.7 Å². The first-order chi connectivity index (χ1) is 10.0. The lowest BCUT2D eigenvalue weighted by Gasteiger charge is -2.01. The van der Waals surface area contributed by atoms with Gasteiger partial charge in [0, 0.05) is 19.0 Å². The van der Waals surface area contributed by atoms with Crippen LogP contribution in [0.2, 0.25) is 0 Å². The summed E-state index contributed by atoms with van der Waals surface area (Å²) in [6, 6.07) is 6.20. The zero-order valence-corrected chi connectivity index (χ0v) is 14.5. The van der Waals surface area contributed by atoms with Crippen LogP contribution in [0.1, 0.15) is 18.5 Å². The second-order valence-corrected chi connectivity index (χ2v) is 6.42. The van der Waals surface area contributed by atoms with Crippen LogP contribution >= 0.6 is 24.8 Å². The van der Waals surface area contributed by atoms with E-state index in [1.165, 1.54) is 35.7 Å². The van der Waals surface area contributed by atoms with Crippen LogP contribution in [0.3, 0.4) is 0 Å². The van der Waals surface area contributed by atoms with Gasteiger partial charge in [0.15, 0.2) is 0 Å². The predicted octanol–water partition coefficient (Wildman–Crippen LogP) is 2.06. The van der Waals surface area contributed by atoms with Crippen molar-refractivity contribution in [3.63, 3.8) is 0 Å². The molecule has 0 bridgehead atoms. The third-order valence-electron chi connectivity index (χ3n) is 3.30. The molecule has 0 spiro atoms. The van der Waals surface area contributed by atoms with E-state index in [0.717, 1.165) is 18.7 Å². The van der Waals surface area contributed by atoms with E-state index < -0.39 is 10.2 Å². The second-order valence-electron chi connectivity index (χ2n) is 5.07. The van der Waals surface area contributed by atoms with Crippen LogP contribution in [0.5, 0.6) is 0 Å². The third kappa shape index (κ3) is 5.42. The fraction of sp³-hybridized carbons (Fsp3) is 0.385. The van der Waals surface area contributed by atoms with E-state index in [2.05, 4.69) is 15.6 Å². The summed E-state index contributed by atoms with van der Waals surface area (Å²) < 4.78 is 36.3. The average Bonchev–Trinajstić information content (AvgIpc) is 3.14. The molecule has 0 saturated heterocycles. The summed E-state index contributed by atoms with van der Waals surface area (Å²) in [6.07, 6.45) is 4.94. The Hall–Kier alpha value is -1.22. The van der Waals surface area contributed by atoms with Crippen LogP contribution in [0.15, 0.2) is 35.4 Å². The van der Waals surface area contributed by atoms with Crippen molar-refractivity contribution in [3.05, 3.63) is 36.2 Å². The monoisotopic (exact) mass is 382 g/mol. The van der Waals surface area contributed by atoms with E-state index in [-0.39, 0.29) is 29.7 Å². The maximum atomic E-state index is 13.0. The molecule has 10 heteroatoms. The van der Waals surface area contributed by atoms with E-state index in [4.69, 9.17) is 0 Å². The number of aromatic nitrogens is 3. The van der Waals surface area contributed by atoms with Crippen LogP contribution in [0, 0.1) is 0 Å². The predicted molar refractivity (Wildman–Crippen MR) is 88.9 cm³/mol. The minimum Gasteiger partial charge on any atom is -0.314 e. The van der Waals surface area contributed by atoms with Crippen LogP contribution < -0.4 is 5.32 Å². The summed E-state index contributed by atoms with van der Waals surface area (Å²) in [6.45, 7) is 0.836. The Labute approximate surface area is 146 Å². The van der Waals surface area contributed by atoms with E-state index in [1.807, 2.05) is 0 Å². The zero-order valence-electron chi connectivity index (χ0n) is 12.1. The maximum absolute atomic E-state index is 13.0. The molecule has 0 aliphatic heterocycles. The molecule has 2 aromatic rings. The quantitative estimate of drug-likeness (QED) is 0.773. The minimum atomic E-state index is -4.71. The van der Waals surface area contributed by atoms with Gasteiger partial charge < -0.3 is 5.32 Å². The van der Waals surface area contributed by atoms with Crippen molar-refractivity contribution in [2.24, 2.45) is 0 Å². The first-order valence-corrected chi connectivity index (χ1v) is 8.10. The van der Waals surface area contributed by atoms with Crippen molar-refractivity contribution in [1.82, 2.24) is 20.3 Å². The van der Waals surface area contributed by atoms with Gasteiger partial charge in [-0.05, 0) is 31.0 Å². The van der Waals surface area contributed by atoms with Gasteiger partial charge in [0.1, 0.15) is 4.90 Å². The van der Waals surface area contributed by atoms with Gasteiger partial charge in [-0.2, -0.15) is 8.42 Å². The standard InChI is InChI=1S/C13H15FN4O2S.2ClH/c14-21(19,20)13-3-1-2-12(8-13)18-9-11(16-17-18)6-7-15-10-4-5-10;;/h1-3,8-10,15H,4-7H2;2*1H. The van der Waals surface area contributed by atoms with Crippen molar-refractivity contribution < 1.29 is 12.3 Å². The Balaban J connectivity index is 0.00000132. The number of rotatable bonds is 6. The van der Waals surface area contributed by atoms with Crippen LogP contribution in [0.25, 0.3) is 5.69 Å². The van der Waals surface area contributed by atoms with E-state index in [9.17, 15) is 12.3 Å². The van der Waals surface area contributed by atoms with Crippen LogP contribution in [-0.4, -0.2) is 36.0 Å². The minimum absolute atomic E-state index is 0. The Bertz CT molecular complexity index is 750. The molecule has 3 rings (SSSR count). The number of hydrogen-bond acceptors (Lipinski definition) is 5. The highest BCUT2D eigenvalue weighted by Gasteiger charge is 2.19. The molecule has 1 aliphatic rings. The van der Waals surface area contributed by atoms with Crippen molar-refractivity contribution in [1.29, 1.82) is 0 Å². The van der Waals surface area contributed by atoms with Crippen molar-refractivity contribution in [2.45, 2.75) is 30.2 Å². The maximum Gasteiger partial charge on any atom is 0.332 e. The molecular formula is C13H17Cl2FN4O2S. The molecule has 1 saturated carbocycles. The van der Waals surface area contributed by atoms with Gasteiger partial charge in [0.25, 0.3) is 0 Å². The number of hydrogen-bond donors (Lipinski definition) is 1. The fourth-order valence-electron chi connectivity index (χ4n) is 2.01. The molecule has 0 radical (unpaired) electrons. The average molecular weight is 383 g/mol. The highest BCUT2D eigenvalue weighted by molar-refractivity contribution is 7.86. The molecule has 6 nitrogen and oxygen atoms in total. The molecule has 128 valence electrons. The van der Waals surface area contributed by atoms with E-state index >= 15 is 0 Å². The number of halogens is 3. The molecule has 1 aromatic heterocycles. The van der Waals surface area contributed by atoms with Gasteiger partial charge in [-0.15, -0.1) is 33.8 Å². The lowest BCUT2D eigenvalue weighted by Crippen LogP contribution is -2.19. The van der Waals surface area contributed by atoms with Gasteiger partial charge in [-0.3, -0.25) is 0 Å². The largest absolute Gasteiger partial charge is 0.332 e. The normalized spacial score (nSPS) is 14.0. The molecule has 1 fully saturated rings. The highest BCUT2D eigenvalue weighted by atomic mass is 35.5. The summed E-state index contributed by atoms with van der Waals surface area (Å²) in [4.78, 5) is -0.382. The lowest BCUT2D eigenvalue weighted by atomic mass is 10.3. The molecule has 0 amide bonds. The van der Waals surface area contributed by atoms with Gasteiger partial charge >= 0.3 is 10.2 Å². The number of nitrogens with zero attached hydrogens (tertiary/aromatic N) is 3. The smallest absolute Gasteiger partial charge is 0.314 e. The second kappa shape index (κ2) is 8.05. The molecule has 1 heterocycles. The topological polar surface area (TPSA) is 76.9 Å². The first-order valence-electron chi connectivity index (χ1n) is 6.72. The highest BCUT2D eigenvalue weighted by Crippen LogP contribution is 2.18. The molecule has 1 N–H and O–H groups in total. The summed E-state index contributed by atoms with van der Waals surface area (Å²) in [5.41, 5.74) is 1.26. The molecule has 23 heavy (non-hydrogen) atoms. The fourth-order valence-corrected chi connectivity index (χ4v) is 2.51. The summed E-state index contributed by atoms with van der Waals surface area (Å²) >= 11 is 0. The summed E-state index contributed by atoms with van der Waals surface area (Å²) in [5, 5.41) is 11.4. The first kappa shape index (κ1) is 19.8. The molecule has 1 aromatic carbocycles. The van der Waals surface area contributed by atoms with Gasteiger partial charge in [-0.25, -0.2) is 4.68 Å². The van der Waals surface area contributed by atoms with Crippen molar-refractivity contribution >= 4 is 35.0 Å². The van der Waals surface area contributed by atoms with Crippen molar-refractivity contribution in [3.8, 4) is 5.69 Å². The lowest BCUT2D eigenvalue weighted by molar-refractivity contribution is 0.552. The van der Waals surface area contributed by atoms with Crippen LogP contribution in [-0.2, 0) is 16.6 Å². The molecule has 0 unspecified atom stereocenters.